The summed E-state index contributed by atoms with van der Waals surface area (Å²) in [6, 6.07) is 8.80. The number of rotatable bonds is 64. The van der Waals surface area contributed by atoms with Crippen LogP contribution >= 0.6 is 6.83 Å². The predicted molar refractivity (Wildman–Crippen MR) is 379 cm³/mol. The zero-order chi connectivity index (χ0) is 60.1. The summed E-state index contributed by atoms with van der Waals surface area (Å²) in [6.45, 7) is 12.9. The second kappa shape index (κ2) is 52.9. The molecule has 0 aromatic heterocycles. The Morgan fingerprint density at radius 1 is 0.277 bits per heavy atom. The Morgan fingerprint density at radius 3 is 0.771 bits per heavy atom. The van der Waals surface area contributed by atoms with Crippen LogP contribution in [-0.2, 0) is 33.4 Å². The Morgan fingerprint density at radius 2 is 0.506 bits per heavy atom. The van der Waals surface area contributed by atoms with Crippen molar-refractivity contribution >= 4 is 27.7 Å². The summed E-state index contributed by atoms with van der Waals surface area (Å²) >= 11 is 0. The molecule has 0 unspecified atom stereocenters. The van der Waals surface area contributed by atoms with Crippen LogP contribution in [0, 0.1) is 0 Å². The third-order valence-corrected chi connectivity index (χ3v) is 29.3. The Bertz CT molecular complexity index is 1850. The van der Waals surface area contributed by atoms with Crippen LogP contribution in [0.1, 0.15) is 412 Å². The molecule has 3 nitrogen and oxygen atoms in total. The zero-order valence-corrected chi connectivity index (χ0v) is 59.2. The van der Waals surface area contributed by atoms with Gasteiger partial charge in [0.25, 0.3) is 0 Å². The van der Waals surface area contributed by atoms with E-state index in [1.807, 2.05) is 0 Å². The van der Waals surface area contributed by atoms with Crippen LogP contribution in [0.2, 0.25) is 0 Å². The number of fused-ring (bicyclic) bond motifs is 1. The second-order valence-electron chi connectivity index (χ2n) is 27.4. The van der Waals surface area contributed by atoms with E-state index in [1.54, 1.807) is 0 Å². The summed E-state index contributed by atoms with van der Waals surface area (Å²) in [6.07, 6.45) is 78.4. The topological polar surface area (TPSA) is 43.4 Å². The van der Waals surface area contributed by atoms with Gasteiger partial charge in [0, 0.05) is 0 Å². The van der Waals surface area contributed by atoms with Gasteiger partial charge in [-0.05, 0) is 0 Å². The van der Waals surface area contributed by atoms with Gasteiger partial charge in [-0.3, -0.25) is 0 Å². The summed E-state index contributed by atoms with van der Waals surface area (Å²) < 4.78 is 39.7. The van der Waals surface area contributed by atoms with Gasteiger partial charge in [0.15, 0.2) is 0 Å². The molecule has 0 spiro atoms. The summed E-state index contributed by atoms with van der Waals surface area (Å²) in [5.74, 6) is 0. The van der Waals surface area contributed by atoms with Crippen LogP contribution in [0.3, 0.4) is 0 Å². The Balaban J connectivity index is 2.40. The number of hydrogen-bond acceptors (Lipinski definition) is 3. The monoisotopic (exact) mass is 1200 g/mol. The molecule has 0 heterocycles. The molecular formula is C78H147O3PS. The molecular weight excluding hydrogens is 1050 g/mol. The minimum Gasteiger partial charge on any atom is -0.0654 e. The third kappa shape index (κ3) is 35.7. The van der Waals surface area contributed by atoms with Crippen molar-refractivity contribution in [1.82, 2.24) is 0 Å². The summed E-state index contributed by atoms with van der Waals surface area (Å²) in [5.41, 5.74) is 4.05. The minimum atomic E-state index is -4.10. The van der Waals surface area contributed by atoms with Gasteiger partial charge in [-0.15, -0.1) is 0 Å². The van der Waals surface area contributed by atoms with E-state index in [1.165, 1.54) is 312 Å². The molecule has 0 aliphatic rings. The van der Waals surface area contributed by atoms with Crippen molar-refractivity contribution in [2.45, 2.75) is 419 Å². The van der Waals surface area contributed by atoms with Crippen LogP contribution in [0.5, 0.6) is 0 Å². The van der Waals surface area contributed by atoms with Crippen molar-refractivity contribution in [3.05, 3.63) is 41.0 Å². The molecule has 0 aliphatic heterocycles. The van der Waals surface area contributed by atoms with E-state index in [9.17, 15) is 0 Å². The van der Waals surface area contributed by atoms with Crippen molar-refractivity contribution in [3.63, 3.8) is 0 Å². The van der Waals surface area contributed by atoms with Gasteiger partial charge < -0.3 is 0 Å². The van der Waals surface area contributed by atoms with Crippen molar-refractivity contribution in [2.24, 2.45) is 0 Å². The van der Waals surface area contributed by atoms with E-state index in [2.05, 4.69) is 72.7 Å². The first-order valence-electron chi connectivity index (χ1n) is 38.2. The molecule has 0 N–H and O–H groups in total. The molecule has 0 amide bonds. The third-order valence-electron chi connectivity index (χ3n) is 19.9. The van der Waals surface area contributed by atoms with Gasteiger partial charge in [0.1, 0.15) is 0 Å². The van der Waals surface area contributed by atoms with E-state index >= 15 is 8.42 Å². The quantitative estimate of drug-likeness (QED) is 0.0490. The summed E-state index contributed by atoms with van der Waals surface area (Å²) in [5, 5.41) is 2.15. The second-order valence-corrected chi connectivity index (χ2v) is 35.0. The molecule has 0 aliphatic carbocycles. The molecule has 83 heavy (non-hydrogen) atoms. The van der Waals surface area contributed by atoms with E-state index in [-0.39, 0.29) is 0 Å². The number of aryl methyl sites for hydroxylation is 1. The minimum absolute atomic E-state index is 0.586. The maximum atomic E-state index is 16.1. The zero-order valence-electron chi connectivity index (χ0n) is 57.5. The molecule has 5 heteroatoms. The van der Waals surface area contributed by atoms with E-state index in [0.29, 0.717) is 4.90 Å². The fourth-order valence-electron chi connectivity index (χ4n) is 14.2. The average molecular weight is 1200 g/mol. The Labute approximate surface area is 522 Å². The molecule has 0 atom stereocenters. The molecule has 0 fully saturated rings. The normalized spacial score (nSPS) is 12.7. The van der Waals surface area contributed by atoms with Crippen molar-refractivity contribution in [2.75, 3.05) is 24.6 Å². The number of benzene rings is 2. The molecule has 488 valence electrons. The van der Waals surface area contributed by atoms with Gasteiger partial charge in [0.2, 0.25) is 0 Å². The molecule has 2 rings (SSSR count). The van der Waals surface area contributed by atoms with Gasteiger partial charge in [-0.2, -0.15) is 0 Å². The first-order valence-corrected chi connectivity index (χ1v) is 42.5. The smallest absolute Gasteiger partial charge is 0.0654 e. The molecule has 2 aromatic rings. The van der Waals surface area contributed by atoms with Crippen LogP contribution in [0.4, 0.5) is 0 Å². The molecule has 0 saturated carbocycles. The standard InChI is InChI=1S/C78H147O3PS/c1-8-15-21-24-27-30-33-36-39-42-45-48-51-54-57-60-65-73-74(66-61-58-55-52-49-46-43-40-37-34-31-28-25-22-16-9-2)76(68-62-59-56-53-50-47-44-41-38-35-32-29-26-23-17-10-3)78(77-69-64-63-67-75(73)77)83(79,80)81-82(14-7,70-18-11-4,71-19-12-5)72-20-13-6/h63-64,67,69H,8-62,65-66,68,70-72H2,1-7H3. The first kappa shape index (κ1) is 78.1. The fraction of sp³-hybridized carbons (Fsp3) is 0.872. The summed E-state index contributed by atoms with van der Waals surface area (Å²) in [4.78, 5) is 0.586. The maximum absolute atomic E-state index is 16.1. The van der Waals surface area contributed by atoms with Crippen molar-refractivity contribution < 1.29 is 12.4 Å². The van der Waals surface area contributed by atoms with Crippen LogP contribution in [0.15, 0.2) is 29.2 Å². The predicted octanol–water partition coefficient (Wildman–Crippen LogP) is 27.8. The van der Waals surface area contributed by atoms with Gasteiger partial charge in [0.05, 0.1) is 0 Å². The van der Waals surface area contributed by atoms with Crippen LogP contribution < -0.4 is 0 Å². The van der Waals surface area contributed by atoms with Crippen LogP contribution in [0.25, 0.3) is 10.8 Å². The van der Waals surface area contributed by atoms with Gasteiger partial charge >= 0.3 is 312 Å². The molecule has 0 radical (unpaired) electrons. The van der Waals surface area contributed by atoms with Crippen molar-refractivity contribution in [3.8, 4) is 0 Å². The van der Waals surface area contributed by atoms with E-state index < -0.39 is 16.9 Å². The van der Waals surface area contributed by atoms with Gasteiger partial charge in [-0.1, -0.05) is 213 Å². The Kier molecular flexibility index (Phi) is 49.8. The molecule has 0 bridgehead atoms. The molecule has 2 aromatic carbocycles. The molecule has 0 saturated heterocycles. The van der Waals surface area contributed by atoms with Crippen LogP contribution in [-0.4, -0.2) is 33.1 Å². The summed E-state index contributed by atoms with van der Waals surface area (Å²) in [7, 11) is -4.10. The van der Waals surface area contributed by atoms with Gasteiger partial charge in [-0.25, -0.2) is 0 Å². The fourth-order valence-corrected chi connectivity index (χ4v) is 24.0. The first-order chi connectivity index (χ1) is 40.7. The van der Waals surface area contributed by atoms with E-state index in [0.717, 1.165) is 106 Å². The SMILES string of the molecule is CCCCCCCCCCCCCCCCCCc1c(CCCCCCCCCCCCCCCCCC)c(S(=O)(=O)OP(CC)(CCCC)(CCCC)CCCC)c2ccccc2c1CCCCCCCCCCCCCCCCCC. The number of unbranched alkanes of at least 4 members (excludes halogenated alkanes) is 48. The van der Waals surface area contributed by atoms with Crippen molar-refractivity contribution in [1.29, 1.82) is 0 Å². The Hall–Kier alpha value is -0.960. The number of hydrogen-bond donors (Lipinski definition) is 0. The average Bonchev–Trinajstić information content (AvgIpc) is 1.96. The van der Waals surface area contributed by atoms with E-state index in [4.69, 9.17) is 3.97 Å².